The summed E-state index contributed by atoms with van der Waals surface area (Å²) in [7, 11) is 0. The van der Waals surface area contributed by atoms with Crippen LogP contribution in [0.2, 0.25) is 0 Å². The highest BCUT2D eigenvalue weighted by atomic mass is 32.2. The van der Waals surface area contributed by atoms with Gasteiger partial charge in [-0.3, -0.25) is 0 Å². The molecule has 0 amide bonds. The van der Waals surface area contributed by atoms with Crippen LogP contribution in [0.5, 0.6) is 0 Å². The van der Waals surface area contributed by atoms with E-state index in [-0.39, 0.29) is 0 Å². The SMILES string of the molecule is CCC1NS1. The first-order valence-electron chi connectivity index (χ1n) is 1.84. The van der Waals surface area contributed by atoms with Gasteiger partial charge >= 0.3 is 0 Å². The molecule has 1 nitrogen and oxygen atoms in total. The number of hydrogen-bond donors (Lipinski definition) is 1. The summed E-state index contributed by atoms with van der Waals surface area (Å²) < 4.78 is 3.10. The smallest absolute Gasteiger partial charge is 0.0769 e. The van der Waals surface area contributed by atoms with Gasteiger partial charge in [-0.05, 0) is 6.42 Å². The topological polar surface area (TPSA) is 21.9 Å². The Balaban J connectivity index is 2.00. The molecule has 1 rings (SSSR count). The molecule has 1 unspecified atom stereocenters. The van der Waals surface area contributed by atoms with Crippen LogP contribution in [0.25, 0.3) is 0 Å². The van der Waals surface area contributed by atoms with Crippen molar-refractivity contribution in [3.05, 3.63) is 0 Å². The van der Waals surface area contributed by atoms with Crippen molar-refractivity contribution in [2.24, 2.45) is 0 Å². The van der Waals surface area contributed by atoms with Gasteiger partial charge in [0, 0.05) is 0 Å². The van der Waals surface area contributed by atoms with Crippen LogP contribution in [0.4, 0.5) is 0 Å². The lowest BCUT2D eigenvalue weighted by atomic mass is 10.5. The van der Waals surface area contributed by atoms with Crippen molar-refractivity contribution in [2.75, 3.05) is 0 Å². The van der Waals surface area contributed by atoms with Gasteiger partial charge < -0.3 is 0 Å². The number of rotatable bonds is 1. The standard InChI is InChI=1S/C3H7NS/c1-2-3-4-5-3/h3-4H,2H2,1H3. The summed E-state index contributed by atoms with van der Waals surface area (Å²) >= 11 is 1.82. The van der Waals surface area contributed by atoms with Crippen molar-refractivity contribution >= 4 is 11.9 Å². The van der Waals surface area contributed by atoms with Crippen molar-refractivity contribution in [3.63, 3.8) is 0 Å². The van der Waals surface area contributed by atoms with E-state index in [2.05, 4.69) is 11.6 Å². The molecule has 1 N–H and O–H groups in total. The van der Waals surface area contributed by atoms with Gasteiger partial charge in [-0.15, -0.1) is 0 Å². The molecule has 1 saturated heterocycles. The lowest BCUT2D eigenvalue weighted by Crippen LogP contribution is -1.81. The fourth-order valence-electron chi connectivity index (χ4n) is 0.215. The molecule has 1 fully saturated rings. The molecule has 0 aromatic heterocycles. The van der Waals surface area contributed by atoms with Crippen LogP contribution in [-0.4, -0.2) is 5.37 Å². The van der Waals surface area contributed by atoms with E-state index in [0.29, 0.717) is 0 Å². The average molecular weight is 89.2 g/mol. The second kappa shape index (κ2) is 1.19. The summed E-state index contributed by atoms with van der Waals surface area (Å²) in [6.07, 6.45) is 1.27. The molecule has 1 aliphatic heterocycles. The van der Waals surface area contributed by atoms with Crippen LogP contribution >= 0.6 is 11.9 Å². The lowest BCUT2D eigenvalue weighted by molar-refractivity contribution is 0.906. The Morgan fingerprint density at radius 1 is 2.00 bits per heavy atom. The zero-order chi connectivity index (χ0) is 3.70. The predicted molar refractivity (Wildman–Crippen MR) is 24.8 cm³/mol. The zero-order valence-corrected chi connectivity index (χ0v) is 4.01. The molecule has 2 heteroatoms. The molecular formula is C3H7NS. The van der Waals surface area contributed by atoms with Crippen molar-refractivity contribution < 1.29 is 0 Å². The maximum absolute atomic E-state index is 3.10. The van der Waals surface area contributed by atoms with E-state index < -0.39 is 0 Å². The summed E-state index contributed by atoms with van der Waals surface area (Å²) in [6.45, 7) is 2.18. The van der Waals surface area contributed by atoms with E-state index in [4.69, 9.17) is 0 Å². The molecule has 1 aliphatic rings. The molecule has 0 bridgehead atoms. The van der Waals surface area contributed by atoms with Gasteiger partial charge in [0.05, 0.1) is 5.37 Å². The van der Waals surface area contributed by atoms with Gasteiger partial charge in [-0.1, -0.05) is 18.9 Å². The van der Waals surface area contributed by atoms with Gasteiger partial charge in [0.25, 0.3) is 0 Å². The second-order valence-electron chi connectivity index (χ2n) is 1.13. The van der Waals surface area contributed by atoms with Crippen molar-refractivity contribution in [1.29, 1.82) is 0 Å². The van der Waals surface area contributed by atoms with Crippen molar-refractivity contribution in [3.8, 4) is 0 Å². The van der Waals surface area contributed by atoms with Crippen LogP contribution in [0, 0.1) is 0 Å². The van der Waals surface area contributed by atoms with E-state index in [1.165, 1.54) is 6.42 Å². The Labute approximate surface area is 36.3 Å². The minimum atomic E-state index is 0.801. The first-order valence-corrected chi connectivity index (χ1v) is 2.72. The molecule has 0 spiro atoms. The average Bonchev–Trinajstić information content (AvgIpc) is 2.12. The van der Waals surface area contributed by atoms with E-state index in [1.54, 1.807) is 0 Å². The van der Waals surface area contributed by atoms with Crippen LogP contribution in [0.3, 0.4) is 0 Å². The van der Waals surface area contributed by atoms with E-state index in [0.717, 1.165) is 5.37 Å². The monoisotopic (exact) mass is 89.0 g/mol. The number of hydrogen-bond acceptors (Lipinski definition) is 2. The van der Waals surface area contributed by atoms with Crippen LogP contribution in [0.1, 0.15) is 13.3 Å². The van der Waals surface area contributed by atoms with Crippen LogP contribution < -0.4 is 4.72 Å². The molecule has 1 atom stereocenters. The quantitative estimate of drug-likeness (QED) is 0.382. The Morgan fingerprint density at radius 2 is 2.60 bits per heavy atom. The fraction of sp³-hybridized carbons (Fsp3) is 1.00. The molecule has 1 heterocycles. The Bertz CT molecular complexity index is 33.9. The first-order chi connectivity index (χ1) is 2.43. The highest BCUT2D eigenvalue weighted by Crippen LogP contribution is 2.22. The predicted octanol–water partition coefficient (Wildman–Crippen LogP) is 0.974. The summed E-state index contributed by atoms with van der Waals surface area (Å²) in [5.41, 5.74) is 0. The largest absolute Gasteiger partial charge is 0.249 e. The molecule has 0 aromatic carbocycles. The minimum absolute atomic E-state index is 0.801. The highest BCUT2D eigenvalue weighted by Gasteiger charge is 2.17. The third-order valence-electron chi connectivity index (χ3n) is 0.655. The zero-order valence-electron chi connectivity index (χ0n) is 3.19. The second-order valence-corrected chi connectivity index (χ2v) is 2.17. The minimum Gasteiger partial charge on any atom is -0.249 e. The van der Waals surface area contributed by atoms with Crippen molar-refractivity contribution in [2.45, 2.75) is 18.7 Å². The van der Waals surface area contributed by atoms with Gasteiger partial charge in [-0.2, -0.15) is 0 Å². The van der Waals surface area contributed by atoms with Gasteiger partial charge in [0.2, 0.25) is 0 Å². The summed E-state index contributed by atoms with van der Waals surface area (Å²) in [5, 5.41) is 0.801. The summed E-state index contributed by atoms with van der Waals surface area (Å²) in [4.78, 5) is 0. The summed E-state index contributed by atoms with van der Waals surface area (Å²) in [5.74, 6) is 0. The lowest BCUT2D eigenvalue weighted by Gasteiger charge is -1.68. The van der Waals surface area contributed by atoms with E-state index in [9.17, 15) is 0 Å². The van der Waals surface area contributed by atoms with Crippen LogP contribution in [-0.2, 0) is 0 Å². The normalized spacial score (nSPS) is 34.2. The van der Waals surface area contributed by atoms with Crippen LogP contribution in [0.15, 0.2) is 0 Å². The molecular weight excluding hydrogens is 82.1 g/mol. The van der Waals surface area contributed by atoms with Gasteiger partial charge in [0.1, 0.15) is 0 Å². The fourth-order valence-corrected chi connectivity index (χ4v) is 0.644. The highest BCUT2D eigenvalue weighted by molar-refractivity contribution is 8.04. The third kappa shape index (κ3) is 0.816. The maximum Gasteiger partial charge on any atom is 0.0769 e. The van der Waals surface area contributed by atoms with E-state index >= 15 is 0 Å². The van der Waals surface area contributed by atoms with Gasteiger partial charge in [0.15, 0.2) is 0 Å². The molecule has 30 valence electrons. The molecule has 0 saturated carbocycles. The molecule has 5 heavy (non-hydrogen) atoms. The van der Waals surface area contributed by atoms with Gasteiger partial charge in [-0.25, -0.2) is 4.72 Å². The number of nitrogens with one attached hydrogen (secondary N) is 1. The first kappa shape index (κ1) is 3.50. The third-order valence-corrected chi connectivity index (χ3v) is 1.56. The maximum atomic E-state index is 3.10. The Hall–Kier alpha value is 0.310. The Morgan fingerprint density at radius 3 is 2.60 bits per heavy atom. The molecule has 0 radical (unpaired) electrons. The molecule has 0 aliphatic carbocycles. The summed E-state index contributed by atoms with van der Waals surface area (Å²) in [6, 6.07) is 0. The van der Waals surface area contributed by atoms with Crippen molar-refractivity contribution in [1.82, 2.24) is 4.72 Å². The van der Waals surface area contributed by atoms with E-state index in [1.807, 2.05) is 11.9 Å². The Kier molecular flexibility index (Phi) is 0.830. The molecule has 0 aromatic rings.